The molecule has 0 radical (unpaired) electrons. The summed E-state index contributed by atoms with van der Waals surface area (Å²) in [6, 6.07) is 6.23. The maximum atomic E-state index is 6.13. The van der Waals surface area contributed by atoms with Gasteiger partial charge in [-0.25, -0.2) is 0 Å². The summed E-state index contributed by atoms with van der Waals surface area (Å²) in [6.45, 7) is 7.33. The van der Waals surface area contributed by atoms with Crippen LogP contribution in [-0.2, 0) is 6.54 Å². The second kappa shape index (κ2) is 5.24. The number of thioether (sulfide) groups is 1. The zero-order chi connectivity index (χ0) is 11.5. The van der Waals surface area contributed by atoms with E-state index < -0.39 is 0 Å². The van der Waals surface area contributed by atoms with E-state index in [0.29, 0.717) is 0 Å². The second-order valence-corrected chi connectivity index (χ2v) is 5.83. The van der Waals surface area contributed by atoms with Gasteiger partial charge in [-0.05, 0) is 44.7 Å². The average molecular weight is 244 g/mol. The Labute approximate surface area is 102 Å². The summed E-state index contributed by atoms with van der Waals surface area (Å²) in [5.41, 5.74) is 1.37. The van der Waals surface area contributed by atoms with Crippen LogP contribution in [0.1, 0.15) is 26.3 Å². The first-order valence-corrected chi connectivity index (χ1v) is 6.60. The van der Waals surface area contributed by atoms with Crippen LogP contribution in [0.2, 0.25) is 5.02 Å². The molecule has 0 aromatic heterocycles. The molecule has 84 valence electrons. The van der Waals surface area contributed by atoms with Gasteiger partial charge in [0.15, 0.2) is 0 Å². The lowest BCUT2D eigenvalue weighted by molar-refractivity contribution is 0.424. The van der Waals surface area contributed by atoms with Crippen molar-refractivity contribution in [2.75, 3.05) is 6.26 Å². The van der Waals surface area contributed by atoms with Crippen LogP contribution >= 0.6 is 23.4 Å². The van der Waals surface area contributed by atoms with E-state index in [-0.39, 0.29) is 5.54 Å². The van der Waals surface area contributed by atoms with Gasteiger partial charge in [0.2, 0.25) is 0 Å². The summed E-state index contributed by atoms with van der Waals surface area (Å²) in [5.74, 6) is 0. The van der Waals surface area contributed by atoms with Gasteiger partial charge >= 0.3 is 0 Å². The summed E-state index contributed by atoms with van der Waals surface area (Å²) < 4.78 is 0. The lowest BCUT2D eigenvalue weighted by Gasteiger charge is -2.20. The highest BCUT2D eigenvalue weighted by atomic mass is 35.5. The van der Waals surface area contributed by atoms with Crippen molar-refractivity contribution in [3.63, 3.8) is 0 Å². The quantitative estimate of drug-likeness (QED) is 0.807. The Bertz CT molecular complexity index is 331. The predicted molar refractivity (Wildman–Crippen MR) is 69.8 cm³/mol. The van der Waals surface area contributed by atoms with Gasteiger partial charge in [0.05, 0.1) is 5.02 Å². The highest BCUT2D eigenvalue weighted by Crippen LogP contribution is 2.26. The molecule has 1 aromatic rings. The molecular weight excluding hydrogens is 226 g/mol. The second-order valence-electron chi connectivity index (χ2n) is 4.57. The van der Waals surface area contributed by atoms with Crippen LogP contribution in [0.5, 0.6) is 0 Å². The lowest BCUT2D eigenvalue weighted by Crippen LogP contribution is -2.35. The molecule has 0 unspecified atom stereocenters. The molecule has 1 nitrogen and oxygen atoms in total. The topological polar surface area (TPSA) is 12.0 Å². The third-order valence-electron chi connectivity index (χ3n) is 2.04. The number of benzene rings is 1. The van der Waals surface area contributed by atoms with E-state index in [4.69, 9.17) is 11.6 Å². The monoisotopic (exact) mass is 243 g/mol. The maximum Gasteiger partial charge on any atom is 0.0544 e. The Morgan fingerprint density at radius 3 is 2.47 bits per heavy atom. The minimum absolute atomic E-state index is 0.144. The van der Waals surface area contributed by atoms with Crippen molar-refractivity contribution in [2.24, 2.45) is 0 Å². The molecule has 0 fully saturated rings. The van der Waals surface area contributed by atoms with Crippen molar-refractivity contribution in [1.82, 2.24) is 5.32 Å². The molecule has 1 rings (SSSR count). The number of halogens is 1. The molecule has 0 saturated heterocycles. The molecule has 0 spiro atoms. The molecule has 1 N–H and O–H groups in total. The fraction of sp³-hybridized carbons (Fsp3) is 0.500. The first kappa shape index (κ1) is 12.9. The fourth-order valence-corrected chi connectivity index (χ4v) is 2.08. The third-order valence-corrected chi connectivity index (χ3v) is 3.26. The van der Waals surface area contributed by atoms with E-state index in [9.17, 15) is 0 Å². The molecule has 0 atom stereocenters. The molecule has 0 saturated carbocycles. The smallest absolute Gasteiger partial charge is 0.0544 e. The van der Waals surface area contributed by atoms with Crippen molar-refractivity contribution in [3.8, 4) is 0 Å². The van der Waals surface area contributed by atoms with Gasteiger partial charge in [-0.1, -0.05) is 17.7 Å². The summed E-state index contributed by atoms with van der Waals surface area (Å²) in [7, 11) is 0. The van der Waals surface area contributed by atoms with Crippen molar-refractivity contribution in [3.05, 3.63) is 28.8 Å². The Morgan fingerprint density at radius 2 is 2.00 bits per heavy atom. The molecular formula is C12H18ClNS. The zero-order valence-electron chi connectivity index (χ0n) is 9.73. The number of nitrogens with one attached hydrogen (secondary N) is 1. The van der Waals surface area contributed by atoms with Crippen molar-refractivity contribution in [1.29, 1.82) is 0 Å². The Balaban J connectivity index is 2.68. The van der Waals surface area contributed by atoms with Gasteiger partial charge in [-0.2, -0.15) is 0 Å². The molecule has 0 amide bonds. The minimum atomic E-state index is 0.144. The Kier molecular flexibility index (Phi) is 4.50. The first-order chi connectivity index (χ1) is 6.92. The van der Waals surface area contributed by atoms with Crippen LogP contribution < -0.4 is 5.32 Å². The van der Waals surface area contributed by atoms with E-state index in [1.54, 1.807) is 11.8 Å². The Hall–Kier alpha value is -0.180. The molecule has 0 heterocycles. The van der Waals surface area contributed by atoms with Gasteiger partial charge in [0.1, 0.15) is 0 Å². The molecule has 0 aliphatic rings. The average Bonchev–Trinajstić information content (AvgIpc) is 2.14. The van der Waals surface area contributed by atoms with E-state index in [1.165, 1.54) is 5.56 Å². The van der Waals surface area contributed by atoms with Crippen LogP contribution in [-0.4, -0.2) is 11.8 Å². The Morgan fingerprint density at radius 1 is 1.33 bits per heavy atom. The van der Waals surface area contributed by atoms with Crippen LogP contribution in [0.4, 0.5) is 0 Å². The number of hydrogen-bond donors (Lipinski definition) is 1. The highest BCUT2D eigenvalue weighted by molar-refractivity contribution is 7.98. The fourth-order valence-electron chi connectivity index (χ4n) is 1.19. The molecule has 0 bridgehead atoms. The molecule has 0 aliphatic heterocycles. The van der Waals surface area contributed by atoms with E-state index >= 15 is 0 Å². The van der Waals surface area contributed by atoms with Crippen molar-refractivity contribution >= 4 is 23.4 Å². The van der Waals surface area contributed by atoms with E-state index in [2.05, 4.69) is 38.2 Å². The summed E-state index contributed by atoms with van der Waals surface area (Å²) >= 11 is 7.81. The number of rotatable bonds is 3. The van der Waals surface area contributed by atoms with Crippen LogP contribution in [0.25, 0.3) is 0 Å². The van der Waals surface area contributed by atoms with E-state index in [0.717, 1.165) is 16.5 Å². The lowest BCUT2D eigenvalue weighted by atomic mass is 10.1. The van der Waals surface area contributed by atoms with Crippen LogP contribution in [0, 0.1) is 0 Å². The zero-order valence-corrected chi connectivity index (χ0v) is 11.3. The SMILES string of the molecule is CSc1ccc(CNC(C)(C)C)cc1Cl. The first-order valence-electron chi connectivity index (χ1n) is 5.00. The van der Waals surface area contributed by atoms with Crippen molar-refractivity contribution in [2.45, 2.75) is 37.8 Å². The maximum absolute atomic E-state index is 6.13. The minimum Gasteiger partial charge on any atom is -0.308 e. The largest absolute Gasteiger partial charge is 0.308 e. The van der Waals surface area contributed by atoms with E-state index in [1.807, 2.05) is 12.3 Å². The summed E-state index contributed by atoms with van der Waals surface area (Å²) in [4.78, 5) is 1.14. The molecule has 3 heteroatoms. The molecule has 0 aliphatic carbocycles. The van der Waals surface area contributed by atoms with Gasteiger partial charge < -0.3 is 5.32 Å². The van der Waals surface area contributed by atoms with Crippen LogP contribution in [0.3, 0.4) is 0 Å². The van der Waals surface area contributed by atoms with Gasteiger partial charge in [0.25, 0.3) is 0 Å². The standard InChI is InChI=1S/C12H18ClNS/c1-12(2,3)14-8-9-5-6-11(15-4)10(13)7-9/h5-7,14H,8H2,1-4H3. The number of hydrogen-bond acceptors (Lipinski definition) is 2. The molecule has 15 heavy (non-hydrogen) atoms. The van der Waals surface area contributed by atoms with Gasteiger partial charge in [0, 0.05) is 17.0 Å². The van der Waals surface area contributed by atoms with Crippen molar-refractivity contribution < 1.29 is 0 Å². The highest BCUT2D eigenvalue weighted by Gasteiger charge is 2.08. The van der Waals surface area contributed by atoms with Crippen LogP contribution in [0.15, 0.2) is 23.1 Å². The predicted octanol–water partition coefficient (Wildman–Crippen LogP) is 3.95. The molecule has 1 aromatic carbocycles. The van der Waals surface area contributed by atoms with Gasteiger partial charge in [-0.15, -0.1) is 11.8 Å². The third kappa shape index (κ3) is 4.45. The summed E-state index contributed by atoms with van der Waals surface area (Å²) in [5, 5.41) is 4.28. The normalized spacial score (nSPS) is 11.8. The summed E-state index contributed by atoms with van der Waals surface area (Å²) in [6.07, 6.45) is 2.04. The van der Waals surface area contributed by atoms with Gasteiger partial charge in [-0.3, -0.25) is 0 Å².